The molecule has 21 heavy (non-hydrogen) atoms. The van der Waals surface area contributed by atoms with Crippen LogP contribution in [0, 0.1) is 5.92 Å². The predicted molar refractivity (Wildman–Crippen MR) is 88.9 cm³/mol. The number of hydrogen-bond acceptors (Lipinski definition) is 3. The number of piperidine rings is 1. The van der Waals surface area contributed by atoms with Crippen LogP contribution in [0.15, 0.2) is 24.3 Å². The first-order chi connectivity index (χ1) is 10.3. The SMILES string of the molecule is CCOc1ccccc1C(CN1CCC(CC)CC1)NC. The molecule has 1 heterocycles. The van der Waals surface area contributed by atoms with Gasteiger partial charge in [-0.25, -0.2) is 0 Å². The Morgan fingerprint density at radius 3 is 2.57 bits per heavy atom. The number of hydrogen-bond donors (Lipinski definition) is 1. The highest BCUT2D eigenvalue weighted by atomic mass is 16.5. The van der Waals surface area contributed by atoms with Crippen LogP contribution < -0.4 is 10.1 Å². The molecule has 0 aliphatic carbocycles. The minimum atomic E-state index is 0.339. The summed E-state index contributed by atoms with van der Waals surface area (Å²) in [5.41, 5.74) is 1.28. The lowest BCUT2D eigenvalue weighted by atomic mass is 9.94. The third kappa shape index (κ3) is 4.45. The molecule has 1 aliphatic heterocycles. The average molecular weight is 290 g/mol. The van der Waals surface area contributed by atoms with E-state index in [1.807, 2.05) is 20.0 Å². The molecule has 0 saturated carbocycles. The summed E-state index contributed by atoms with van der Waals surface area (Å²) >= 11 is 0. The molecule has 3 nitrogen and oxygen atoms in total. The average Bonchev–Trinajstić information content (AvgIpc) is 2.54. The molecule has 1 saturated heterocycles. The lowest BCUT2D eigenvalue weighted by Crippen LogP contribution is -2.39. The van der Waals surface area contributed by atoms with Crippen molar-refractivity contribution in [3.05, 3.63) is 29.8 Å². The molecule has 2 rings (SSSR count). The van der Waals surface area contributed by atoms with Gasteiger partial charge in [0.2, 0.25) is 0 Å². The summed E-state index contributed by atoms with van der Waals surface area (Å²) in [6.45, 7) is 8.60. The number of para-hydroxylation sites is 1. The van der Waals surface area contributed by atoms with Crippen LogP contribution in [0.3, 0.4) is 0 Å². The van der Waals surface area contributed by atoms with E-state index >= 15 is 0 Å². The number of likely N-dealkylation sites (N-methyl/N-ethyl adjacent to an activating group) is 1. The maximum absolute atomic E-state index is 5.78. The minimum absolute atomic E-state index is 0.339. The van der Waals surface area contributed by atoms with Crippen molar-refractivity contribution >= 4 is 0 Å². The molecule has 1 aromatic carbocycles. The molecular weight excluding hydrogens is 260 g/mol. The van der Waals surface area contributed by atoms with Gasteiger partial charge in [0.05, 0.1) is 6.61 Å². The second-order valence-electron chi connectivity index (χ2n) is 5.96. The van der Waals surface area contributed by atoms with Gasteiger partial charge in [-0.1, -0.05) is 31.5 Å². The highest BCUT2D eigenvalue weighted by molar-refractivity contribution is 5.36. The number of rotatable bonds is 7. The molecule has 1 unspecified atom stereocenters. The van der Waals surface area contributed by atoms with Crippen molar-refractivity contribution in [2.45, 2.75) is 39.2 Å². The number of likely N-dealkylation sites (tertiary alicyclic amines) is 1. The Balaban J connectivity index is 2.00. The zero-order chi connectivity index (χ0) is 15.1. The molecule has 1 fully saturated rings. The molecule has 0 amide bonds. The van der Waals surface area contributed by atoms with E-state index in [4.69, 9.17) is 4.74 Å². The smallest absolute Gasteiger partial charge is 0.124 e. The van der Waals surface area contributed by atoms with E-state index in [2.05, 4.69) is 35.3 Å². The van der Waals surface area contributed by atoms with Crippen LogP contribution in [0.5, 0.6) is 5.75 Å². The fraction of sp³-hybridized carbons (Fsp3) is 0.667. The van der Waals surface area contributed by atoms with E-state index in [0.29, 0.717) is 6.04 Å². The van der Waals surface area contributed by atoms with Gasteiger partial charge in [0.25, 0.3) is 0 Å². The Hall–Kier alpha value is -1.06. The van der Waals surface area contributed by atoms with Crippen LogP contribution in [-0.2, 0) is 0 Å². The van der Waals surface area contributed by atoms with E-state index < -0.39 is 0 Å². The van der Waals surface area contributed by atoms with Crippen molar-refractivity contribution in [2.75, 3.05) is 33.3 Å². The molecule has 0 aromatic heterocycles. The number of ether oxygens (including phenoxy) is 1. The molecule has 0 radical (unpaired) electrons. The van der Waals surface area contributed by atoms with Crippen LogP contribution in [-0.4, -0.2) is 38.2 Å². The van der Waals surface area contributed by atoms with Crippen molar-refractivity contribution in [1.82, 2.24) is 10.2 Å². The van der Waals surface area contributed by atoms with Crippen molar-refractivity contribution < 1.29 is 4.74 Å². The molecule has 0 spiro atoms. The second-order valence-corrected chi connectivity index (χ2v) is 5.96. The van der Waals surface area contributed by atoms with Gasteiger partial charge in [0.1, 0.15) is 5.75 Å². The monoisotopic (exact) mass is 290 g/mol. The molecule has 1 N–H and O–H groups in total. The first-order valence-corrected chi connectivity index (χ1v) is 8.39. The van der Waals surface area contributed by atoms with E-state index in [-0.39, 0.29) is 0 Å². The quantitative estimate of drug-likeness (QED) is 0.832. The fourth-order valence-electron chi connectivity index (χ4n) is 3.24. The summed E-state index contributed by atoms with van der Waals surface area (Å²) in [6, 6.07) is 8.75. The van der Waals surface area contributed by atoms with Gasteiger partial charge in [-0.05, 0) is 51.9 Å². The summed E-state index contributed by atoms with van der Waals surface area (Å²) in [5.74, 6) is 1.95. The van der Waals surface area contributed by atoms with Gasteiger partial charge in [-0.2, -0.15) is 0 Å². The predicted octanol–water partition coefficient (Wildman–Crippen LogP) is 3.47. The van der Waals surface area contributed by atoms with Crippen LogP contribution in [0.2, 0.25) is 0 Å². The Labute approximate surface area is 129 Å². The molecule has 1 aliphatic rings. The van der Waals surface area contributed by atoms with E-state index in [0.717, 1.165) is 24.8 Å². The van der Waals surface area contributed by atoms with Crippen molar-refractivity contribution in [1.29, 1.82) is 0 Å². The van der Waals surface area contributed by atoms with Gasteiger partial charge < -0.3 is 15.0 Å². The summed E-state index contributed by atoms with van der Waals surface area (Å²) in [7, 11) is 2.05. The van der Waals surface area contributed by atoms with E-state index in [1.165, 1.54) is 37.9 Å². The van der Waals surface area contributed by atoms with E-state index in [1.54, 1.807) is 0 Å². The van der Waals surface area contributed by atoms with Crippen molar-refractivity contribution in [3.8, 4) is 5.75 Å². The number of nitrogens with one attached hydrogen (secondary N) is 1. The zero-order valence-corrected chi connectivity index (χ0v) is 13.8. The Kier molecular flexibility index (Phi) is 6.52. The summed E-state index contributed by atoms with van der Waals surface area (Å²) in [4.78, 5) is 2.59. The van der Waals surface area contributed by atoms with Crippen LogP contribution in [0.1, 0.15) is 44.7 Å². The van der Waals surface area contributed by atoms with Crippen LogP contribution in [0.4, 0.5) is 0 Å². The third-order valence-electron chi connectivity index (χ3n) is 4.67. The summed E-state index contributed by atoms with van der Waals surface area (Å²) < 4.78 is 5.78. The zero-order valence-electron chi connectivity index (χ0n) is 13.8. The topological polar surface area (TPSA) is 24.5 Å². The Morgan fingerprint density at radius 2 is 1.95 bits per heavy atom. The number of benzene rings is 1. The molecular formula is C18H30N2O. The molecule has 118 valence electrons. The first-order valence-electron chi connectivity index (χ1n) is 8.39. The lowest BCUT2D eigenvalue weighted by molar-refractivity contribution is 0.167. The fourth-order valence-corrected chi connectivity index (χ4v) is 3.24. The van der Waals surface area contributed by atoms with Crippen LogP contribution >= 0.6 is 0 Å². The Bertz CT molecular complexity index is 413. The molecule has 1 aromatic rings. The molecule has 0 bridgehead atoms. The standard InChI is InChI=1S/C18H30N2O/c1-4-15-10-12-20(13-11-15)14-17(19-3)16-8-6-7-9-18(16)21-5-2/h6-9,15,17,19H,4-5,10-14H2,1-3H3. The highest BCUT2D eigenvalue weighted by Crippen LogP contribution is 2.27. The van der Waals surface area contributed by atoms with Gasteiger partial charge in [-0.3, -0.25) is 0 Å². The van der Waals surface area contributed by atoms with Crippen LogP contribution in [0.25, 0.3) is 0 Å². The molecule has 3 heteroatoms. The lowest BCUT2D eigenvalue weighted by Gasteiger charge is -2.34. The largest absolute Gasteiger partial charge is 0.494 e. The Morgan fingerprint density at radius 1 is 1.24 bits per heavy atom. The summed E-state index contributed by atoms with van der Waals surface area (Å²) in [5, 5.41) is 3.47. The third-order valence-corrected chi connectivity index (χ3v) is 4.67. The minimum Gasteiger partial charge on any atom is -0.494 e. The van der Waals surface area contributed by atoms with Crippen molar-refractivity contribution in [3.63, 3.8) is 0 Å². The van der Waals surface area contributed by atoms with Crippen molar-refractivity contribution in [2.24, 2.45) is 5.92 Å². The van der Waals surface area contributed by atoms with Gasteiger partial charge in [0.15, 0.2) is 0 Å². The number of nitrogens with zero attached hydrogens (tertiary/aromatic N) is 1. The van der Waals surface area contributed by atoms with E-state index in [9.17, 15) is 0 Å². The normalized spacial score (nSPS) is 18.6. The molecule has 1 atom stereocenters. The summed E-state index contributed by atoms with van der Waals surface area (Å²) in [6.07, 6.45) is 4.02. The highest BCUT2D eigenvalue weighted by Gasteiger charge is 2.22. The van der Waals surface area contributed by atoms with Gasteiger partial charge in [-0.15, -0.1) is 0 Å². The first kappa shape index (κ1) is 16.3. The maximum atomic E-state index is 5.78. The second kappa shape index (κ2) is 8.40. The van der Waals surface area contributed by atoms with Gasteiger partial charge in [0, 0.05) is 18.2 Å². The maximum Gasteiger partial charge on any atom is 0.124 e. The van der Waals surface area contributed by atoms with Gasteiger partial charge >= 0.3 is 0 Å².